The van der Waals surface area contributed by atoms with Gasteiger partial charge in [0.25, 0.3) is 0 Å². The number of alkyl carbamates (subject to hydrolysis) is 1. The van der Waals surface area contributed by atoms with Crippen LogP contribution >= 0.6 is 0 Å². The third-order valence-corrected chi connectivity index (χ3v) is 8.19. The number of amides is 1. The van der Waals surface area contributed by atoms with Crippen LogP contribution in [0.15, 0.2) is 85.0 Å². The highest BCUT2D eigenvalue weighted by molar-refractivity contribution is 5.87. The predicted molar refractivity (Wildman–Crippen MR) is 200 cm³/mol. The van der Waals surface area contributed by atoms with Gasteiger partial charge in [-0.05, 0) is 75.6 Å². The molecule has 2 aromatic rings. The standard InChI is InChI=1S/C40H56N2O12/c1-29(2)37(43)49-21-19-41-39(45)53-35(27-51-33-11-7-5-8-12-33)25-47-23-31-15-17-32(18-16-31)24-48-26-36(28-52-34-13-9-6-10-14-34)54-40(46)42-20-22-50-38(44)30(3)4/h5-14,31-32,35-36,39,41,45H,1,3,15-28H2,2,4H3,(H,42,46). The van der Waals surface area contributed by atoms with Crippen LogP contribution in [-0.2, 0) is 38.0 Å². The van der Waals surface area contributed by atoms with E-state index in [-0.39, 0.29) is 58.3 Å². The van der Waals surface area contributed by atoms with Crippen molar-refractivity contribution in [1.29, 1.82) is 0 Å². The fourth-order valence-electron chi connectivity index (χ4n) is 5.24. The van der Waals surface area contributed by atoms with Crippen LogP contribution in [0.2, 0.25) is 0 Å². The van der Waals surface area contributed by atoms with Crippen molar-refractivity contribution < 1.29 is 57.4 Å². The van der Waals surface area contributed by atoms with Gasteiger partial charge in [0.1, 0.15) is 44.0 Å². The molecule has 0 saturated heterocycles. The topological polar surface area (TPSA) is 169 Å². The SMILES string of the molecule is C=C(C)C(=O)OCCNC(=O)OC(COCC1CCC(COCC(COc2ccccc2)OC(O)NCCOC(=O)C(=C)C)CC1)COc1ccccc1. The highest BCUT2D eigenvalue weighted by Gasteiger charge is 2.24. The van der Waals surface area contributed by atoms with Gasteiger partial charge < -0.3 is 48.3 Å². The molecule has 0 aromatic heterocycles. The Kier molecular flexibility index (Phi) is 20.8. The van der Waals surface area contributed by atoms with E-state index in [0.717, 1.165) is 25.7 Å². The lowest BCUT2D eigenvalue weighted by Gasteiger charge is -2.29. The average molecular weight is 757 g/mol. The molecule has 0 heterocycles. The fraction of sp³-hybridized carbons (Fsp3) is 0.525. The van der Waals surface area contributed by atoms with E-state index in [4.69, 9.17) is 37.9 Å². The van der Waals surface area contributed by atoms with Crippen LogP contribution in [0, 0.1) is 11.8 Å². The second-order valence-electron chi connectivity index (χ2n) is 13.1. The number of esters is 2. The number of nitrogens with one attached hydrogen (secondary N) is 2. The minimum atomic E-state index is -1.32. The molecule has 1 amide bonds. The van der Waals surface area contributed by atoms with Crippen molar-refractivity contribution >= 4 is 18.0 Å². The Morgan fingerprint density at radius 2 is 1.17 bits per heavy atom. The highest BCUT2D eigenvalue weighted by atomic mass is 16.6. The third kappa shape index (κ3) is 19.0. The summed E-state index contributed by atoms with van der Waals surface area (Å²) in [6, 6.07) is 18.5. The zero-order chi connectivity index (χ0) is 39.0. The normalized spacial score (nSPS) is 16.9. The predicted octanol–water partition coefficient (Wildman–Crippen LogP) is 4.57. The van der Waals surface area contributed by atoms with Crippen molar-refractivity contribution in [2.45, 2.75) is 58.2 Å². The van der Waals surface area contributed by atoms with Gasteiger partial charge in [-0.1, -0.05) is 49.6 Å². The van der Waals surface area contributed by atoms with E-state index in [2.05, 4.69) is 23.8 Å². The molecule has 1 aliphatic rings. The number of aliphatic hydroxyl groups excluding tert-OH is 1. The molecule has 1 aliphatic carbocycles. The van der Waals surface area contributed by atoms with E-state index in [1.165, 1.54) is 0 Å². The number of carbonyl (C=O) groups excluding carboxylic acids is 3. The Hall–Kier alpha value is -4.47. The Bertz CT molecular complexity index is 1400. The first kappa shape index (κ1) is 43.9. The molecule has 54 heavy (non-hydrogen) atoms. The van der Waals surface area contributed by atoms with Gasteiger partial charge in [-0.2, -0.15) is 0 Å². The first-order valence-corrected chi connectivity index (χ1v) is 18.3. The molecular weight excluding hydrogens is 700 g/mol. The van der Waals surface area contributed by atoms with Crippen molar-refractivity contribution in [2.75, 3.05) is 65.9 Å². The monoisotopic (exact) mass is 756 g/mol. The molecule has 0 radical (unpaired) electrons. The van der Waals surface area contributed by atoms with Gasteiger partial charge in [-0.25, -0.2) is 14.4 Å². The largest absolute Gasteiger partial charge is 0.491 e. The molecule has 3 unspecified atom stereocenters. The van der Waals surface area contributed by atoms with Gasteiger partial charge in [-0.3, -0.25) is 5.32 Å². The summed E-state index contributed by atoms with van der Waals surface area (Å²) in [5.41, 5.74) is 0.575. The summed E-state index contributed by atoms with van der Waals surface area (Å²) in [5, 5.41) is 15.7. The number of benzene rings is 2. The summed E-state index contributed by atoms with van der Waals surface area (Å²) in [7, 11) is 0. The molecule has 3 N–H and O–H groups in total. The third-order valence-electron chi connectivity index (χ3n) is 8.19. The first-order valence-electron chi connectivity index (χ1n) is 18.3. The molecule has 298 valence electrons. The van der Waals surface area contributed by atoms with E-state index in [9.17, 15) is 19.5 Å². The highest BCUT2D eigenvalue weighted by Crippen LogP contribution is 2.29. The van der Waals surface area contributed by atoms with Gasteiger partial charge in [0.2, 0.25) is 6.41 Å². The van der Waals surface area contributed by atoms with Crippen molar-refractivity contribution in [3.63, 3.8) is 0 Å². The number of para-hydroxylation sites is 2. The van der Waals surface area contributed by atoms with Gasteiger partial charge in [0, 0.05) is 30.9 Å². The lowest BCUT2D eigenvalue weighted by molar-refractivity contribution is -0.178. The lowest BCUT2D eigenvalue weighted by atomic mass is 9.83. The number of ether oxygens (including phenoxy) is 8. The molecule has 3 atom stereocenters. The fourth-order valence-corrected chi connectivity index (χ4v) is 5.24. The number of carbonyl (C=O) groups is 3. The lowest BCUT2D eigenvalue weighted by Crippen LogP contribution is -2.41. The van der Waals surface area contributed by atoms with Crippen LogP contribution in [0.1, 0.15) is 39.5 Å². The maximum absolute atomic E-state index is 12.5. The molecular formula is C40H56N2O12. The number of hydrogen-bond acceptors (Lipinski definition) is 13. The first-order chi connectivity index (χ1) is 26.1. The Morgan fingerprint density at radius 1 is 0.704 bits per heavy atom. The average Bonchev–Trinajstić information content (AvgIpc) is 3.17. The summed E-state index contributed by atoms with van der Waals surface area (Å²) >= 11 is 0. The van der Waals surface area contributed by atoms with Crippen molar-refractivity contribution in [1.82, 2.24) is 10.6 Å². The number of rotatable bonds is 26. The van der Waals surface area contributed by atoms with Gasteiger partial charge in [-0.15, -0.1) is 0 Å². The molecule has 1 saturated carbocycles. The Balaban J connectivity index is 1.38. The maximum Gasteiger partial charge on any atom is 0.407 e. The minimum Gasteiger partial charge on any atom is -0.491 e. The molecule has 2 aromatic carbocycles. The van der Waals surface area contributed by atoms with Gasteiger partial charge in [0.15, 0.2) is 6.10 Å². The molecule has 3 rings (SSSR count). The van der Waals surface area contributed by atoms with Crippen LogP contribution < -0.4 is 20.1 Å². The summed E-state index contributed by atoms with van der Waals surface area (Å²) in [6.07, 6.45) is 0.612. The van der Waals surface area contributed by atoms with Crippen molar-refractivity contribution in [2.24, 2.45) is 11.8 Å². The van der Waals surface area contributed by atoms with Gasteiger partial charge in [0.05, 0.1) is 19.8 Å². The quantitative estimate of drug-likeness (QED) is 0.0402. The summed E-state index contributed by atoms with van der Waals surface area (Å²) < 4.78 is 45.1. The van der Waals surface area contributed by atoms with E-state index >= 15 is 0 Å². The van der Waals surface area contributed by atoms with Gasteiger partial charge >= 0.3 is 18.0 Å². The van der Waals surface area contributed by atoms with Crippen LogP contribution in [0.4, 0.5) is 4.79 Å². The summed E-state index contributed by atoms with van der Waals surface area (Å²) in [5.74, 6) is 0.995. The summed E-state index contributed by atoms with van der Waals surface area (Å²) in [4.78, 5) is 35.6. The zero-order valence-corrected chi connectivity index (χ0v) is 31.4. The van der Waals surface area contributed by atoms with E-state index in [1.54, 1.807) is 13.8 Å². The second-order valence-corrected chi connectivity index (χ2v) is 13.1. The van der Waals surface area contributed by atoms with Crippen molar-refractivity contribution in [3.05, 3.63) is 85.0 Å². The smallest absolute Gasteiger partial charge is 0.407 e. The van der Waals surface area contributed by atoms with E-state index in [1.807, 2.05) is 60.7 Å². The number of aliphatic hydroxyl groups is 1. The Labute approximate surface area is 318 Å². The molecule has 0 bridgehead atoms. The zero-order valence-electron chi connectivity index (χ0n) is 31.4. The maximum atomic E-state index is 12.5. The second kappa shape index (κ2) is 25.5. The van der Waals surface area contributed by atoms with Crippen LogP contribution in [0.25, 0.3) is 0 Å². The molecule has 1 fully saturated rings. The van der Waals surface area contributed by atoms with E-state index in [0.29, 0.717) is 42.1 Å². The van der Waals surface area contributed by atoms with Crippen LogP contribution in [-0.4, -0.2) is 108 Å². The molecule has 14 nitrogen and oxygen atoms in total. The molecule has 0 spiro atoms. The minimum absolute atomic E-state index is 0.00833. The Morgan fingerprint density at radius 3 is 1.67 bits per heavy atom. The summed E-state index contributed by atoms with van der Waals surface area (Å²) in [6.45, 7) is 12.2. The molecule has 0 aliphatic heterocycles. The van der Waals surface area contributed by atoms with Crippen LogP contribution in [0.3, 0.4) is 0 Å². The van der Waals surface area contributed by atoms with E-state index < -0.39 is 36.7 Å². The number of hydrogen-bond donors (Lipinski definition) is 3. The van der Waals surface area contributed by atoms with Crippen molar-refractivity contribution in [3.8, 4) is 11.5 Å². The van der Waals surface area contributed by atoms with Crippen LogP contribution in [0.5, 0.6) is 11.5 Å². The molecule has 14 heteroatoms.